The maximum absolute atomic E-state index is 13.8. The summed E-state index contributed by atoms with van der Waals surface area (Å²) < 4.78 is 32.9. The highest BCUT2D eigenvalue weighted by atomic mass is 19.1. The Kier molecular flexibility index (Phi) is 5.30. The van der Waals surface area contributed by atoms with Crippen LogP contribution in [0.15, 0.2) is 18.2 Å². The molecule has 0 spiro atoms. The molecular formula is C16H23F2NO2. The summed E-state index contributed by atoms with van der Waals surface area (Å²) in [5.41, 5.74) is -0.559. The topological polar surface area (TPSA) is 32.7 Å². The van der Waals surface area contributed by atoms with Crippen molar-refractivity contribution in [3.63, 3.8) is 0 Å². The monoisotopic (exact) mass is 299 g/mol. The van der Waals surface area contributed by atoms with Gasteiger partial charge in [0, 0.05) is 30.6 Å². The highest BCUT2D eigenvalue weighted by molar-refractivity contribution is 5.21. The molecule has 21 heavy (non-hydrogen) atoms. The maximum Gasteiger partial charge on any atom is 0.129 e. The van der Waals surface area contributed by atoms with Crippen LogP contribution in [0.5, 0.6) is 0 Å². The number of aliphatic hydroxyl groups is 1. The number of aliphatic hydroxyl groups excluding tert-OH is 1. The normalized spacial score (nSPS) is 21.0. The number of halogens is 2. The van der Waals surface area contributed by atoms with Crippen LogP contribution in [0.25, 0.3) is 0 Å². The fourth-order valence-electron chi connectivity index (χ4n) is 2.88. The van der Waals surface area contributed by atoms with Crippen LogP contribution in [0.4, 0.5) is 8.78 Å². The first-order chi connectivity index (χ1) is 9.99. The molecule has 0 saturated carbocycles. The molecule has 2 unspecified atom stereocenters. The third-order valence-corrected chi connectivity index (χ3v) is 4.63. The van der Waals surface area contributed by atoms with Gasteiger partial charge in [0.25, 0.3) is 0 Å². The number of ether oxygens (including phenoxy) is 1. The van der Waals surface area contributed by atoms with E-state index in [2.05, 4.69) is 4.90 Å². The molecule has 5 heteroatoms. The van der Waals surface area contributed by atoms with Crippen molar-refractivity contribution in [1.29, 1.82) is 0 Å². The van der Waals surface area contributed by atoms with Crippen molar-refractivity contribution in [2.24, 2.45) is 0 Å². The van der Waals surface area contributed by atoms with Crippen LogP contribution < -0.4 is 0 Å². The van der Waals surface area contributed by atoms with Crippen molar-refractivity contribution < 1.29 is 18.6 Å². The van der Waals surface area contributed by atoms with Crippen molar-refractivity contribution >= 4 is 0 Å². The van der Waals surface area contributed by atoms with Gasteiger partial charge < -0.3 is 9.84 Å². The smallest absolute Gasteiger partial charge is 0.129 e. The Morgan fingerprint density at radius 1 is 1.29 bits per heavy atom. The molecule has 1 N–H and O–H groups in total. The van der Waals surface area contributed by atoms with Gasteiger partial charge in [-0.3, -0.25) is 4.90 Å². The van der Waals surface area contributed by atoms with E-state index in [0.29, 0.717) is 19.6 Å². The minimum Gasteiger partial charge on any atom is -0.391 e. The summed E-state index contributed by atoms with van der Waals surface area (Å²) in [7, 11) is 0. The maximum atomic E-state index is 13.8. The van der Waals surface area contributed by atoms with Crippen molar-refractivity contribution in [2.45, 2.75) is 38.3 Å². The van der Waals surface area contributed by atoms with Crippen molar-refractivity contribution in [1.82, 2.24) is 4.90 Å². The molecule has 2 atom stereocenters. The third-order valence-electron chi connectivity index (χ3n) is 4.63. The lowest BCUT2D eigenvalue weighted by atomic mass is 9.85. The molecular weight excluding hydrogens is 276 g/mol. The molecule has 0 radical (unpaired) electrons. The van der Waals surface area contributed by atoms with E-state index in [4.69, 9.17) is 4.74 Å². The highest BCUT2D eigenvalue weighted by Crippen LogP contribution is 2.28. The number of nitrogens with zero attached hydrogens (tertiary/aromatic N) is 1. The summed E-state index contributed by atoms with van der Waals surface area (Å²) in [6, 6.07) is 3.79. The molecule has 0 bridgehead atoms. The summed E-state index contributed by atoms with van der Waals surface area (Å²) in [4.78, 5) is 2.15. The predicted octanol–water partition coefficient (Wildman–Crippen LogP) is 2.37. The number of rotatable bonds is 5. The van der Waals surface area contributed by atoms with Crippen molar-refractivity contribution in [3.8, 4) is 0 Å². The Morgan fingerprint density at radius 2 is 1.86 bits per heavy atom. The Labute approximate surface area is 124 Å². The molecule has 3 nitrogen and oxygen atoms in total. The lowest BCUT2D eigenvalue weighted by Crippen LogP contribution is -2.58. The minimum absolute atomic E-state index is 0.0276. The molecule has 2 rings (SSSR count). The fraction of sp³-hybridized carbons (Fsp3) is 0.625. The summed E-state index contributed by atoms with van der Waals surface area (Å²) in [6.45, 7) is 6.62. The van der Waals surface area contributed by atoms with Gasteiger partial charge in [-0.15, -0.1) is 0 Å². The van der Waals surface area contributed by atoms with Gasteiger partial charge in [-0.05, 0) is 25.5 Å². The minimum atomic E-state index is -0.841. The van der Waals surface area contributed by atoms with Crippen LogP contribution in [-0.2, 0) is 11.2 Å². The first-order valence-electron chi connectivity index (χ1n) is 7.42. The predicted molar refractivity (Wildman–Crippen MR) is 77.2 cm³/mol. The van der Waals surface area contributed by atoms with E-state index in [1.165, 1.54) is 18.2 Å². The molecule has 0 aromatic heterocycles. The van der Waals surface area contributed by atoms with Crippen LogP contribution in [0.2, 0.25) is 0 Å². The van der Waals surface area contributed by atoms with Crippen molar-refractivity contribution in [3.05, 3.63) is 35.4 Å². The van der Waals surface area contributed by atoms with Gasteiger partial charge in [0.05, 0.1) is 19.3 Å². The molecule has 1 heterocycles. The molecule has 118 valence electrons. The van der Waals surface area contributed by atoms with E-state index >= 15 is 0 Å². The van der Waals surface area contributed by atoms with Gasteiger partial charge in [0.15, 0.2) is 0 Å². The van der Waals surface area contributed by atoms with Gasteiger partial charge in [0.2, 0.25) is 0 Å². The van der Waals surface area contributed by atoms with Crippen molar-refractivity contribution in [2.75, 3.05) is 26.3 Å². The van der Waals surface area contributed by atoms with E-state index < -0.39 is 23.3 Å². The van der Waals surface area contributed by atoms with Crippen LogP contribution in [0.3, 0.4) is 0 Å². The van der Waals surface area contributed by atoms with E-state index in [9.17, 15) is 13.9 Å². The fourth-order valence-corrected chi connectivity index (χ4v) is 2.88. The van der Waals surface area contributed by atoms with Gasteiger partial charge in [-0.25, -0.2) is 8.78 Å². The zero-order valence-corrected chi connectivity index (χ0v) is 12.6. The van der Waals surface area contributed by atoms with Gasteiger partial charge in [-0.2, -0.15) is 0 Å². The van der Waals surface area contributed by atoms with E-state index in [0.717, 1.165) is 13.1 Å². The lowest BCUT2D eigenvalue weighted by Gasteiger charge is -2.46. The van der Waals surface area contributed by atoms with E-state index in [1.807, 2.05) is 13.8 Å². The quantitative estimate of drug-likeness (QED) is 0.906. The summed E-state index contributed by atoms with van der Waals surface area (Å²) in [5.74, 6) is -1.20. The number of benzene rings is 1. The summed E-state index contributed by atoms with van der Waals surface area (Å²) >= 11 is 0. The van der Waals surface area contributed by atoms with Gasteiger partial charge in [0.1, 0.15) is 11.6 Å². The molecule has 1 saturated heterocycles. The molecule has 1 fully saturated rings. The lowest BCUT2D eigenvalue weighted by molar-refractivity contribution is -0.0718. The summed E-state index contributed by atoms with van der Waals surface area (Å²) in [6.07, 6.45) is -0.170. The zero-order valence-electron chi connectivity index (χ0n) is 12.6. The SMILES string of the molecule is CCC(C)(C(O)Cc1c(F)cccc1F)N1CCOCC1. The average molecular weight is 299 g/mol. The number of morpholine rings is 1. The third kappa shape index (κ3) is 3.42. The average Bonchev–Trinajstić information content (AvgIpc) is 2.51. The second-order valence-corrected chi connectivity index (χ2v) is 5.73. The van der Waals surface area contributed by atoms with Gasteiger partial charge >= 0.3 is 0 Å². The van der Waals surface area contributed by atoms with Crippen LogP contribution in [-0.4, -0.2) is 48.0 Å². The zero-order chi connectivity index (χ0) is 15.5. The van der Waals surface area contributed by atoms with E-state index in [1.54, 1.807) is 0 Å². The Balaban J connectivity index is 2.17. The Hall–Kier alpha value is -1.04. The molecule has 1 aromatic rings. The van der Waals surface area contributed by atoms with Crippen LogP contribution >= 0.6 is 0 Å². The Bertz CT molecular complexity index is 457. The molecule has 0 amide bonds. The number of hydrogen-bond acceptors (Lipinski definition) is 3. The first-order valence-corrected chi connectivity index (χ1v) is 7.42. The molecule has 1 aliphatic heterocycles. The largest absolute Gasteiger partial charge is 0.391 e. The van der Waals surface area contributed by atoms with Crippen LogP contribution in [0.1, 0.15) is 25.8 Å². The first kappa shape index (κ1) is 16.3. The van der Waals surface area contributed by atoms with Gasteiger partial charge in [-0.1, -0.05) is 13.0 Å². The van der Waals surface area contributed by atoms with E-state index in [-0.39, 0.29) is 12.0 Å². The number of hydrogen-bond donors (Lipinski definition) is 1. The standard InChI is InChI=1S/C16H23F2NO2/c1-3-16(2,19-7-9-21-10-8-19)15(20)11-12-13(17)5-4-6-14(12)18/h4-6,15,20H,3,7-11H2,1-2H3. The Morgan fingerprint density at radius 3 is 2.38 bits per heavy atom. The molecule has 0 aliphatic carbocycles. The highest BCUT2D eigenvalue weighted by Gasteiger charge is 2.38. The molecule has 1 aliphatic rings. The van der Waals surface area contributed by atoms with Crippen LogP contribution in [0, 0.1) is 11.6 Å². The second-order valence-electron chi connectivity index (χ2n) is 5.73. The summed E-state index contributed by atoms with van der Waals surface area (Å²) in [5, 5.41) is 10.6. The molecule has 1 aromatic carbocycles. The second kappa shape index (κ2) is 6.81.